The van der Waals surface area contributed by atoms with Crippen LogP contribution >= 0.6 is 0 Å². The van der Waals surface area contributed by atoms with Gasteiger partial charge in [0.05, 0.1) is 17.7 Å². The van der Waals surface area contributed by atoms with Crippen molar-refractivity contribution in [3.05, 3.63) is 126 Å². The first-order valence-corrected chi connectivity index (χ1v) is 15.0. The number of amides is 2. The molecule has 0 aromatic heterocycles. The number of carbonyl (C=O) groups excluding carboxylic acids is 2. The monoisotopic (exact) mass is 585 g/mol. The number of nitrogens with one attached hydrogen (secondary N) is 1. The van der Waals surface area contributed by atoms with Gasteiger partial charge in [0.2, 0.25) is 11.8 Å². The second-order valence-corrected chi connectivity index (χ2v) is 11.7. The number of nitrogens with zero attached hydrogens (tertiary/aromatic N) is 2. The van der Waals surface area contributed by atoms with Crippen LogP contribution in [0.1, 0.15) is 16.7 Å². The minimum Gasteiger partial charge on any atom is -0.497 e. The van der Waals surface area contributed by atoms with Gasteiger partial charge < -0.3 is 15.0 Å². The molecule has 4 rings (SSSR count). The van der Waals surface area contributed by atoms with E-state index in [9.17, 15) is 18.0 Å². The van der Waals surface area contributed by atoms with Gasteiger partial charge in [0.15, 0.2) is 0 Å². The number of sulfonamides is 1. The molecule has 9 heteroatoms. The van der Waals surface area contributed by atoms with Gasteiger partial charge in [-0.05, 0) is 53.9 Å². The Bertz CT molecular complexity index is 1610. The zero-order chi connectivity index (χ0) is 30.1. The quantitative estimate of drug-likeness (QED) is 0.263. The number of para-hydroxylation sites is 1. The van der Waals surface area contributed by atoms with Crippen molar-refractivity contribution in [3.63, 3.8) is 0 Å². The Morgan fingerprint density at radius 1 is 0.833 bits per heavy atom. The van der Waals surface area contributed by atoms with E-state index in [-0.39, 0.29) is 23.8 Å². The Balaban J connectivity index is 1.80. The zero-order valence-corrected chi connectivity index (χ0v) is 24.8. The molecule has 0 fully saturated rings. The number of benzene rings is 4. The fourth-order valence-corrected chi connectivity index (χ4v) is 6.26. The molecule has 42 heavy (non-hydrogen) atoms. The third-order valence-electron chi connectivity index (χ3n) is 7.00. The van der Waals surface area contributed by atoms with Gasteiger partial charge in [0.1, 0.15) is 18.3 Å². The summed E-state index contributed by atoms with van der Waals surface area (Å²) in [6.45, 7) is 1.35. The maximum atomic E-state index is 14.3. The van der Waals surface area contributed by atoms with Crippen molar-refractivity contribution in [2.24, 2.45) is 0 Å². The van der Waals surface area contributed by atoms with Gasteiger partial charge in [-0.3, -0.25) is 13.9 Å². The van der Waals surface area contributed by atoms with Crippen molar-refractivity contribution in [3.8, 4) is 5.75 Å². The van der Waals surface area contributed by atoms with E-state index in [4.69, 9.17) is 4.74 Å². The van der Waals surface area contributed by atoms with E-state index >= 15 is 0 Å². The fraction of sp³-hybridized carbons (Fsp3) is 0.212. The molecule has 8 nitrogen and oxygen atoms in total. The second-order valence-electron chi connectivity index (χ2n) is 9.80. The molecule has 1 atom stereocenters. The number of hydrogen-bond donors (Lipinski definition) is 1. The van der Waals surface area contributed by atoms with Gasteiger partial charge in [-0.25, -0.2) is 8.42 Å². The van der Waals surface area contributed by atoms with E-state index in [0.717, 1.165) is 15.4 Å². The number of methoxy groups -OCH3 is 1. The molecular formula is C33H35N3O5S. The number of carbonyl (C=O) groups is 2. The molecule has 0 heterocycles. The summed E-state index contributed by atoms with van der Waals surface area (Å²) in [4.78, 5) is 29.2. The van der Waals surface area contributed by atoms with Gasteiger partial charge in [-0.1, -0.05) is 78.9 Å². The summed E-state index contributed by atoms with van der Waals surface area (Å²) in [6, 6.07) is 30.8. The molecule has 0 radical (unpaired) electrons. The molecule has 0 saturated carbocycles. The van der Waals surface area contributed by atoms with Gasteiger partial charge >= 0.3 is 0 Å². The Morgan fingerprint density at radius 3 is 2.10 bits per heavy atom. The number of aryl methyl sites for hydroxylation is 1. The Labute approximate surface area is 247 Å². The van der Waals surface area contributed by atoms with Crippen molar-refractivity contribution in [2.75, 3.05) is 25.0 Å². The summed E-state index contributed by atoms with van der Waals surface area (Å²) in [7, 11) is -1.06. The molecule has 0 aliphatic carbocycles. The topological polar surface area (TPSA) is 96.0 Å². The normalized spacial score (nSPS) is 11.8. The average molecular weight is 586 g/mol. The predicted molar refractivity (Wildman–Crippen MR) is 164 cm³/mol. The highest BCUT2D eigenvalue weighted by atomic mass is 32.2. The lowest BCUT2D eigenvalue weighted by molar-refractivity contribution is -0.139. The highest BCUT2D eigenvalue weighted by Crippen LogP contribution is 2.28. The highest BCUT2D eigenvalue weighted by Gasteiger charge is 2.34. The largest absolute Gasteiger partial charge is 0.497 e. The minimum atomic E-state index is -4.13. The smallest absolute Gasteiger partial charge is 0.264 e. The Hall–Kier alpha value is -4.63. The summed E-state index contributed by atoms with van der Waals surface area (Å²) in [6.07, 6.45) is 0.242. The fourth-order valence-electron chi connectivity index (χ4n) is 4.76. The molecule has 218 valence electrons. The number of hydrogen-bond acceptors (Lipinski definition) is 5. The van der Waals surface area contributed by atoms with Crippen LogP contribution < -0.4 is 14.4 Å². The molecule has 0 saturated heterocycles. The van der Waals surface area contributed by atoms with E-state index in [0.29, 0.717) is 17.0 Å². The third kappa shape index (κ3) is 7.16. The standard InChI is InChI=1S/C33H35N3O5S/c1-25-13-10-11-20-30(25)36(42(39,40)29-18-8-5-9-19-29)24-32(37)35(23-27-16-12-17-28(21-27)41-3)31(33(38)34-2)22-26-14-6-4-7-15-26/h4-21,31H,22-24H2,1-3H3,(H,34,38). The Morgan fingerprint density at radius 2 is 1.45 bits per heavy atom. The zero-order valence-electron chi connectivity index (χ0n) is 23.9. The molecule has 1 N–H and O–H groups in total. The van der Waals surface area contributed by atoms with Crippen molar-refractivity contribution in [1.82, 2.24) is 10.2 Å². The van der Waals surface area contributed by atoms with Gasteiger partial charge in [0.25, 0.3) is 10.0 Å². The lowest BCUT2D eigenvalue weighted by Gasteiger charge is -2.34. The van der Waals surface area contributed by atoms with Crippen LogP contribution in [0.15, 0.2) is 114 Å². The molecule has 2 amide bonds. The number of rotatable bonds is 12. The third-order valence-corrected chi connectivity index (χ3v) is 8.77. The molecule has 0 aliphatic heterocycles. The average Bonchev–Trinajstić information content (AvgIpc) is 3.02. The number of ether oxygens (including phenoxy) is 1. The summed E-state index contributed by atoms with van der Waals surface area (Å²) in [5, 5.41) is 2.69. The molecular weight excluding hydrogens is 550 g/mol. The second kappa shape index (κ2) is 13.8. The van der Waals surface area contributed by atoms with Crippen molar-refractivity contribution in [1.29, 1.82) is 0 Å². The summed E-state index contributed by atoms with van der Waals surface area (Å²) in [5.41, 5.74) is 2.67. The van der Waals surface area contributed by atoms with Crippen LogP contribution in [0.3, 0.4) is 0 Å². The lowest BCUT2D eigenvalue weighted by atomic mass is 10.0. The van der Waals surface area contributed by atoms with E-state index < -0.39 is 28.5 Å². The molecule has 0 bridgehead atoms. The van der Waals surface area contributed by atoms with Crippen molar-refractivity contribution < 1.29 is 22.7 Å². The maximum Gasteiger partial charge on any atom is 0.264 e. The summed E-state index contributed by atoms with van der Waals surface area (Å²) < 4.78 is 34.5. The van der Waals surface area contributed by atoms with Crippen LogP contribution in [0.25, 0.3) is 0 Å². The van der Waals surface area contributed by atoms with Crippen LogP contribution in [-0.4, -0.2) is 51.9 Å². The number of likely N-dealkylation sites (N-methyl/N-ethyl adjacent to an activating group) is 1. The van der Waals surface area contributed by atoms with Crippen LogP contribution in [0.4, 0.5) is 5.69 Å². The molecule has 4 aromatic rings. The van der Waals surface area contributed by atoms with E-state index in [1.54, 1.807) is 62.6 Å². The first kappa shape index (κ1) is 30.3. The molecule has 0 aliphatic rings. The van der Waals surface area contributed by atoms with E-state index in [1.165, 1.54) is 24.1 Å². The predicted octanol–water partition coefficient (Wildman–Crippen LogP) is 4.59. The van der Waals surface area contributed by atoms with Gasteiger partial charge in [-0.15, -0.1) is 0 Å². The first-order chi connectivity index (χ1) is 20.2. The number of anilines is 1. The van der Waals surface area contributed by atoms with Gasteiger partial charge in [-0.2, -0.15) is 0 Å². The van der Waals surface area contributed by atoms with E-state index in [1.807, 2.05) is 48.5 Å². The SMILES string of the molecule is CNC(=O)C(Cc1ccccc1)N(Cc1cccc(OC)c1)C(=O)CN(c1ccccc1C)S(=O)(=O)c1ccccc1. The Kier molecular flexibility index (Phi) is 9.98. The van der Waals surface area contributed by atoms with Crippen molar-refractivity contribution >= 4 is 27.5 Å². The summed E-state index contributed by atoms with van der Waals surface area (Å²) >= 11 is 0. The van der Waals surface area contributed by atoms with Crippen LogP contribution in [-0.2, 0) is 32.6 Å². The summed E-state index contributed by atoms with van der Waals surface area (Å²) in [5.74, 6) is -0.277. The van der Waals surface area contributed by atoms with Crippen LogP contribution in [0.5, 0.6) is 5.75 Å². The van der Waals surface area contributed by atoms with Crippen molar-refractivity contribution in [2.45, 2.75) is 30.8 Å². The molecule has 4 aromatic carbocycles. The van der Waals surface area contributed by atoms with Crippen LogP contribution in [0, 0.1) is 6.92 Å². The molecule has 1 unspecified atom stereocenters. The van der Waals surface area contributed by atoms with Gasteiger partial charge in [0, 0.05) is 20.0 Å². The molecule has 0 spiro atoms. The van der Waals surface area contributed by atoms with E-state index in [2.05, 4.69) is 5.32 Å². The van der Waals surface area contributed by atoms with Crippen LogP contribution in [0.2, 0.25) is 0 Å². The highest BCUT2D eigenvalue weighted by molar-refractivity contribution is 7.92. The first-order valence-electron chi connectivity index (χ1n) is 13.6. The lowest BCUT2D eigenvalue weighted by Crippen LogP contribution is -2.53. The maximum absolute atomic E-state index is 14.3. The minimum absolute atomic E-state index is 0.0625.